The zero-order chi connectivity index (χ0) is 12.0. The van der Waals surface area contributed by atoms with Gasteiger partial charge >= 0.3 is 0 Å². The third-order valence-electron chi connectivity index (χ3n) is 1.83. The molecule has 0 amide bonds. The first-order chi connectivity index (χ1) is 6.67. The first-order valence-corrected chi connectivity index (χ1v) is 4.20. The maximum absolute atomic E-state index is 13.3. The van der Waals surface area contributed by atoms with Gasteiger partial charge in [0, 0.05) is 0 Å². The molecule has 0 aromatic heterocycles. The second kappa shape index (κ2) is 3.59. The Kier molecular flexibility index (Phi) is 3.04. The Bertz CT molecular complexity index is 356. The lowest BCUT2D eigenvalue weighted by Gasteiger charge is -2.32. The molecule has 0 aliphatic heterocycles. The average molecular weight is 271 g/mol. The third kappa shape index (κ3) is 1.54. The molecule has 0 saturated carbocycles. The summed E-state index contributed by atoms with van der Waals surface area (Å²) < 4.78 is 76.5. The molecule has 1 aliphatic rings. The quantitative estimate of drug-likeness (QED) is 0.496. The molecule has 86 valence electrons. The molecule has 15 heavy (non-hydrogen) atoms. The van der Waals surface area contributed by atoms with Crippen molar-refractivity contribution in [3.8, 4) is 0 Å². The van der Waals surface area contributed by atoms with E-state index >= 15 is 0 Å². The number of allylic oxidation sites excluding steroid dienone is 4. The van der Waals surface area contributed by atoms with Crippen molar-refractivity contribution in [1.82, 2.24) is 0 Å². The van der Waals surface area contributed by atoms with Crippen molar-refractivity contribution in [2.75, 3.05) is 6.67 Å². The van der Waals surface area contributed by atoms with Gasteiger partial charge in [0.05, 0.1) is 5.57 Å². The lowest BCUT2D eigenvalue weighted by atomic mass is 9.98. The Hall–Kier alpha value is -0.360. The fraction of sp³-hybridized carbons (Fsp3) is 0.429. The van der Waals surface area contributed by atoms with Crippen molar-refractivity contribution in [3.63, 3.8) is 0 Å². The summed E-state index contributed by atoms with van der Waals surface area (Å²) in [6.45, 7) is -1.94. The van der Waals surface area contributed by atoms with Gasteiger partial charge in [0.2, 0.25) is 0 Å². The van der Waals surface area contributed by atoms with E-state index in [1.54, 1.807) is 0 Å². The van der Waals surface area contributed by atoms with Crippen molar-refractivity contribution in [1.29, 1.82) is 0 Å². The summed E-state index contributed by atoms with van der Waals surface area (Å²) in [7, 11) is 0. The number of hydrogen-bond acceptors (Lipinski definition) is 0. The van der Waals surface area contributed by atoms with Crippen molar-refractivity contribution < 1.29 is 26.3 Å². The molecule has 0 nitrogen and oxygen atoms in total. The second-order valence-corrected chi connectivity index (χ2v) is 3.74. The highest BCUT2D eigenvalue weighted by Gasteiger charge is 2.63. The van der Waals surface area contributed by atoms with Crippen LogP contribution < -0.4 is 0 Å². The summed E-state index contributed by atoms with van der Waals surface area (Å²) >= 11 is 9.37. The molecule has 0 aromatic carbocycles. The molecule has 0 aromatic rings. The number of alkyl halides is 5. The van der Waals surface area contributed by atoms with Crippen molar-refractivity contribution >= 4 is 23.2 Å². The maximum atomic E-state index is 13.3. The smallest absolute Gasteiger partial charge is 0.246 e. The van der Waals surface area contributed by atoms with E-state index in [0.29, 0.717) is 0 Å². The third-order valence-corrected chi connectivity index (χ3v) is 2.84. The van der Waals surface area contributed by atoms with Gasteiger partial charge < -0.3 is 0 Å². The van der Waals surface area contributed by atoms with E-state index in [1.807, 2.05) is 0 Å². The van der Waals surface area contributed by atoms with E-state index in [1.165, 1.54) is 0 Å². The summed E-state index contributed by atoms with van der Waals surface area (Å²) in [5.41, 5.74) is -1.72. The van der Waals surface area contributed by atoms with Gasteiger partial charge in [-0.1, -0.05) is 23.2 Å². The zero-order valence-electron chi connectivity index (χ0n) is 6.73. The van der Waals surface area contributed by atoms with E-state index in [4.69, 9.17) is 11.6 Å². The van der Waals surface area contributed by atoms with Gasteiger partial charge in [-0.2, -0.15) is 0 Å². The summed E-state index contributed by atoms with van der Waals surface area (Å²) in [5, 5.41) is -8.18. The van der Waals surface area contributed by atoms with Crippen LogP contribution >= 0.6 is 23.2 Å². The van der Waals surface area contributed by atoms with Crippen LogP contribution in [0.3, 0.4) is 0 Å². The molecule has 1 rings (SSSR count). The van der Waals surface area contributed by atoms with Gasteiger partial charge in [0.15, 0.2) is 17.5 Å². The lowest BCUT2D eigenvalue weighted by Crippen LogP contribution is -2.44. The second-order valence-electron chi connectivity index (χ2n) is 2.70. The molecule has 2 unspecified atom stereocenters. The van der Waals surface area contributed by atoms with Crippen LogP contribution in [-0.2, 0) is 0 Å². The van der Waals surface area contributed by atoms with Crippen LogP contribution in [0.1, 0.15) is 0 Å². The fourth-order valence-corrected chi connectivity index (χ4v) is 1.39. The Balaban J connectivity index is 3.50. The van der Waals surface area contributed by atoms with Crippen LogP contribution in [0.2, 0.25) is 0 Å². The van der Waals surface area contributed by atoms with Crippen LogP contribution in [0.25, 0.3) is 0 Å². The van der Waals surface area contributed by atoms with Gasteiger partial charge in [-0.05, 0) is 0 Å². The highest BCUT2D eigenvalue weighted by molar-refractivity contribution is 6.36. The number of halogens is 8. The summed E-state index contributed by atoms with van der Waals surface area (Å²) in [6, 6.07) is 0. The first-order valence-electron chi connectivity index (χ1n) is 3.44. The molecule has 0 radical (unpaired) electrons. The predicted octanol–water partition coefficient (Wildman–Crippen LogP) is 4.15. The van der Waals surface area contributed by atoms with E-state index in [0.717, 1.165) is 0 Å². The van der Waals surface area contributed by atoms with Crippen LogP contribution in [0.5, 0.6) is 0 Å². The molecule has 0 fully saturated rings. The largest absolute Gasteiger partial charge is 0.289 e. The molecule has 2 atom stereocenters. The van der Waals surface area contributed by atoms with Crippen LogP contribution in [0, 0.1) is 0 Å². The topological polar surface area (TPSA) is 0 Å². The molecule has 0 N–H and O–H groups in total. The van der Waals surface area contributed by atoms with Crippen LogP contribution in [0.15, 0.2) is 23.1 Å². The summed E-state index contributed by atoms with van der Waals surface area (Å²) in [4.78, 5) is 0. The monoisotopic (exact) mass is 270 g/mol. The Labute approximate surface area is 90.1 Å². The predicted molar refractivity (Wildman–Crippen MR) is 42.7 cm³/mol. The highest BCUT2D eigenvalue weighted by atomic mass is 35.5. The van der Waals surface area contributed by atoms with E-state index < -0.39 is 40.0 Å². The van der Waals surface area contributed by atoms with E-state index in [-0.39, 0.29) is 0 Å². The summed E-state index contributed by atoms with van der Waals surface area (Å²) in [5.74, 6) is -7.17. The molecular formula is C7H2Cl2F6. The van der Waals surface area contributed by atoms with Gasteiger partial charge in [0.1, 0.15) is 6.67 Å². The minimum atomic E-state index is -4.17. The van der Waals surface area contributed by atoms with Crippen molar-refractivity contribution in [3.05, 3.63) is 23.1 Å². The molecular weight excluding hydrogens is 269 g/mol. The minimum absolute atomic E-state index is 1.72. The van der Waals surface area contributed by atoms with Gasteiger partial charge in [-0.25, -0.2) is 26.3 Å². The van der Waals surface area contributed by atoms with E-state index in [9.17, 15) is 26.3 Å². The standard InChI is InChI=1S/C7H2Cl2F6/c8-6(14)2(1-10)3(11)4(12)5(13)7(6,9)15/h1H2. The normalized spacial score (nSPS) is 37.6. The maximum Gasteiger partial charge on any atom is 0.289 e. The fourth-order valence-electron chi connectivity index (χ4n) is 0.974. The molecule has 0 bridgehead atoms. The Morgan fingerprint density at radius 1 is 0.933 bits per heavy atom. The number of rotatable bonds is 1. The minimum Gasteiger partial charge on any atom is -0.246 e. The molecule has 8 heteroatoms. The van der Waals surface area contributed by atoms with Gasteiger partial charge in [-0.15, -0.1) is 0 Å². The Morgan fingerprint density at radius 3 is 1.80 bits per heavy atom. The molecule has 1 aliphatic carbocycles. The van der Waals surface area contributed by atoms with E-state index in [2.05, 4.69) is 11.6 Å². The van der Waals surface area contributed by atoms with Gasteiger partial charge in [-0.3, -0.25) is 0 Å². The average Bonchev–Trinajstić information content (AvgIpc) is 2.14. The van der Waals surface area contributed by atoms with Gasteiger partial charge in [0.25, 0.3) is 10.3 Å². The van der Waals surface area contributed by atoms with Crippen molar-refractivity contribution in [2.24, 2.45) is 0 Å². The van der Waals surface area contributed by atoms with Crippen molar-refractivity contribution in [2.45, 2.75) is 10.3 Å². The molecule has 0 saturated heterocycles. The first kappa shape index (κ1) is 12.7. The Morgan fingerprint density at radius 2 is 1.40 bits per heavy atom. The highest BCUT2D eigenvalue weighted by Crippen LogP contribution is 2.55. The molecule has 0 spiro atoms. The number of hydrogen-bond donors (Lipinski definition) is 0. The van der Waals surface area contributed by atoms with Crippen LogP contribution in [0.4, 0.5) is 26.3 Å². The molecule has 0 heterocycles. The zero-order valence-corrected chi connectivity index (χ0v) is 8.24. The summed E-state index contributed by atoms with van der Waals surface area (Å²) in [6.07, 6.45) is 0. The van der Waals surface area contributed by atoms with Crippen LogP contribution in [-0.4, -0.2) is 16.9 Å². The SMILES string of the molecule is FCC1=C(F)C(F)=C(F)C(F)(Cl)C1(F)Cl. The lowest BCUT2D eigenvalue weighted by molar-refractivity contribution is 0.109.